The fourth-order valence-corrected chi connectivity index (χ4v) is 4.89. The van der Waals surface area contributed by atoms with Gasteiger partial charge in [0.25, 0.3) is 0 Å². The van der Waals surface area contributed by atoms with E-state index in [0.29, 0.717) is 15.9 Å². The predicted molar refractivity (Wildman–Crippen MR) is 124 cm³/mol. The predicted octanol–water partition coefficient (Wildman–Crippen LogP) is 4.52. The molecule has 0 radical (unpaired) electrons. The van der Waals surface area contributed by atoms with E-state index in [2.05, 4.69) is 20.9 Å². The Morgan fingerprint density at radius 3 is 2.77 bits per heavy atom. The van der Waals surface area contributed by atoms with Crippen LogP contribution in [0.5, 0.6) is 5.75 Å². The molecule has 1 aromatic heterocycles. The van der Waals surface area contributed by atoms with Gasteiger partial charge in [-0.15, -0.1) is 10.2 Å². The molecule has 0 aliphatic carbocycles. The molecule has 2 atom stereocenters. The molecule has 0 saturated heterocycles. The zero-order chi connectivity index (χ0) is 22.1. The number of carbonyl (C=O) groups is 1. The van der Waals surface area contributed by atoms with Gasteiger partial charge in [-0.25, -0.2) is 4.68 Å². The number of aryl methyl sites for hydroxylation is 3. The van der Waals surface area contributed by atoms with Gasteiger partial charge in [-0.2, -0.15) is 0 Å². The SMILES string of the molecule is CCc1nnc2n1N[C@H](c1ccc(OC)c(Cl)c1)[C@@H](C(=O)Nc1cc(C)ccc1C)S2. The summed E-state index contributed by atoms with van der Waals surface area (Å²) in [5, 5.41) is 12.3. The quantitative estimate of drug-likeness (QED) is 0.586. The molecule has 1 amide bonds. The first-order chi connectivity index (χ1) is 14.9. The second kappa shape index (κ2) is 8.80. The summed E-state index contributed by atoms with van der Waals surface area (Å²) in [7, 11) is 1.58. The molecule has 162 valence electrons. The molecule has 1 aliphatic rings. The van der Waals surface area contributed by atoms with Gasteiger partial charge < -0.3 is 15.5 Å². The van der Waals surface area contributed by atoms with Crippen LogP contribution in [0.4, 0.5) is 5.69 Å². The van der Waals surface area contributed by atoms with E-state index in [1.165, 1.54) is 11.8 Å². The average Bonchev–Trinajstić information content (AvgIpc) is 3.17. The molecule has 0 fully saturated rings. The molecular weight excluding hydrogens is 434 g/mol. The van der Waals surface area contributed by atoms with E-state index in [0.717, 1.165) is 34.6 Å². The van der Waals surface area contributed by atoms with Crippen molar-refractivity contribution < 1.29 is 9.53 Å². The number of thioether (sulfide) groups is 1. The van der Waals surface area contributed by atoms with Gasteiger partial charge in [0.2, 0.25) is 11.1 Å². The van der Waals surface area contributed by atoms with Crippen molar-refractivity contribution in [1.82, 2.24) is 14.9 Å². The summed E-state index contributed by atoms with van der Waals surface area (Å²) < 4.78 is 7.14. The zero-order valence-electron chi connectivity index (χ0n) is 17.8. The number of carbonyl (C=O) groups excluding carboxylic acids is 1. The van der Waals surface area contributed by atoms with Crippen molar-refractivity contribution in [2.24, 2.45) is 0 Å². The minimum atomic E-state index is -0.481. The first kappa shape index (κ1) is 21.5. The number of benzene rings is 2. The van der Waals surface area contributed by atoms with Crippen LogP contribution in [-0.2, 0) is 11.2 Å². The Morgan fingerprint density at radius 2 is 2.06 bits per heavy atom. The van der Waals surface area contributed by atoms with E-state index in [4.69, 9.17) is 16.3 Å². The van der Waals surface area contributed by atoms with Crippen molar-refractivity contribution in [3.63, 3.8) is 0 Å². The number of rotatable bonds is 5. The molecule has 0 spiro atoms. The molecule has 3 aromatic rings. The van der Waals surface area contributed by atoms with Gasteiger partial charge >= 0.3 is 0 Å². The van der Waals surface area contributed by atoms with Crippen molar-refractivity contribution in [2.75, 3.05) is 17.9 Å². The molecule has 1 aliphatic heterocycles. The van der Waals surface area contributed by atoms with Crippen molar-refractivity contribution in [1.29, 1.82) is 0 Å². The van der Waals surface area contributed by atoms with Gasteiger partial charge in [-0.3, -0.25) is 4.79 Å². The smallest absolute Gasteiger partial charge is 0.240 e. The molecular formula is C22H24ClN5O2S. The molecule has 2 aromatic carbocycles. The Hall–Kier alpha value is -2.71. The van der Waals surface area contributed by atoms with E-state index < -0.39 is 5.25 Å². The number of anilines is 1. The third kappa shape index (κ3) is 4.22. The van der Waals surface area contributed by atoms with Gasteiger partial charge in [0.1, 0.15) is 11.0 Å². The highest BCUT2D eigenvalue weighted by Gasteiger charge is 2.38. The second-order valence-corrected chi connectivity index (χ2v) is 8.95. The second-order valence-electron chi connectivity index (χ2n) is 7.43. The summed E-state index contributed by atoms with van der Waals surface area (Å²) in [4.78, 5) is 13.4. The number of amides is 1. The van der Waals surface area contributed by atoms with Crippen molar-refractivity contribution in [3.05, 3.63) is 63.9 Å². The lowest BCUT2D eigenvalue weighted by Gasteiger charge is -2.33. The molecule has 4 rings (SSSR count). The van der Waals surface area contributed by atoms with E-state index >= 15 is 0 Å². The van der Waals surface area contributed by atoms with Crippen molar-refractivity contribution in [3.8, 4) is 5.75 Å². The zero-order valence-corrected chi connectivity index (χ0v) is 19.3. The fraction of sp³-hybridized carbons (Fsp3) is 0.318. The van der Waals surface area contributed by atoms with Gasteiger partial charge in [-0.05, 0) is 48.7 Å². The number of nitrogens with zero attached hydrogens (tertiary/aromatic N) is 3. The minimum Gasteiger partial charge on any atom is -0.495 e. The average molecular weight is 458 g/mol. The Bertz CT molecular complexity index is 1130. The first-order valence-corrected chi connectivity index (χ1v) is 11.3. The number of fused-ring (bicyclic) bond motifs is 1. The Kier molecular flexibility index (Phi) is 6.11. The lowest BCUT2D eigenvalue weighted by atomic mass is 10.0. The molecule has 0 saturated carbocycles. The van der Waals surface area contributed by atoms with Crippen LogP contribution in [0.15, 0.2) is 41.6 Å². The van der Waals surface area contributed by atoms with Crippen molar-refractivity contribution in [2.45, 2.75) is 43.6 Å². The van der Waals surface area contributed by atoms with Crippen LogP contribution in [0.2, 0.25) is 5.02 Å². The Labute approximate surface area is 190 Å². The third-order valence-electron chi connectivity index (χ3n) is 5.26. The monoisotopic (exact) mass is 457 g/mol. The number of methoxy groups -OCH3 is 1. The standard InChI is InChI=1S/C22H24ClN5O2S/c1-5-18-25-26-22-28(18)27-19(14-8-9-17(30-4)15(23)11-14)20(31-22)21(29)24-16-10-12(2)6-7-13(16)3/h6-11,19-20,27H,5H2,1-4H3,(H,24,29)/t19-,20+/m1/s1. The van der Waals surface area contributed by atoms with Crippen LogP contribution >= 0.6 is 23.4 Å². The molecule has 31 heavy (non-hydrogen) atoms. The number of nitrogens with one attached hydrogen (secondary N) is 2. The summed E-state index contributed by atoms with van der Waals surface area (Å²) in [6.45, 7) is 6.00. The van der Waals surface area contributed by atoms with E-state index in [1.54, 1.807) is 7.11 Å². The lowest BCUT2D eigenvalue weighted by molar-refractivity contribution is -0.116. The highest BCUT2D eigenvalue weighted by atomic mass is 35.5. The summed E-state index contributed by atoms with van der Waals surface area (Å²) in [5.74, 6) is 1.28. The molecule has 0 unspecified atom stereocenters. The van der Waals surface area contributed by atoms with Crippen molar-refractivity contribution >= 4 is 35.0 Å². The molecule has 7 nitrogen and oxygen atoms in total. The normalized spacial score (nSPS) is 17.6. The molecule has 2 heterocycles. The maximum Gasteiger partial charge on any atom is 0.240 e. The van der Waals surface area contributed by atoms with E-state index in [9.17, 15) is 4.79 Å². The topological polar surface area (TPSA) is 81.1 Å². The molecule has 0 bridgehead atoms. The number of halogens is 1. The van der Waals surface area contributed by atoms with E-state index in [-0.39, 0.29) is 11.9 Å². The van der Waals surface area contributed by atoms with Gasteiger partial charge in [0.15, 0.2) is 5.82 Å². The maximum atomic E-state index is 13.4. The Balaban J connectivity index is 1.71. The lowest BCUT2D eigenvalue weighted by Crippen LogP contribution is -2.41. The number of aromatic nitrogens is 3. The number of hydrogen-bond acceptors (Lipinski definition) is 6. The third-order valence-corrected chi connectivity index (χ3v) is 6.77. The maximum absolute atomic E-state index is 13.4. The molecule has 9 heteroatoms. The van der Waals surface area contributed by atoms with Gasteiger partial charge in [0, 0.05) is 12.1 Å². The first-order valence-electron chi connectivity index (χ1n) is 10.00. The van der Waals surface area contributed by atoms with Crippen LogP contribution in [0.3, 0.4) is 0 Å². The molecule has 2 N–H and O–H groups in total. The summed E-state index contributed by atoms with van der Waals surface area (Å²) in [6, 6.07) is 11.2. The van der Waals surface area contributed by atoms with Crippen LogP contribution < -0.4 is 15.5 Å². The summed E-state index contributed by atoms with van der Waals surface area (Å²) >= 11 is 7.78. The minimum absolute atomic E-state index is 0.115. The Morgan fingerprint density at radius 1 is 1.26 bits per heavy atom. The van der Waals surface area contributed by atoms with Crippen LogP contribution in [0.25, 0.3) is 0 Å². The fourth-order valence-electron chi connectivity index (χ4n) is 3.53. The number of hydrogen-bond donors (Lipinski definition) is 2. The van der Waals surface area contributed by atoms with E-state index in [1.807, 2.05) is 61.8 Å². The summed E-state index contributed by atoms with van der Waals surface area (Å²) in [6.07, 6.45) is 0.718. The van der Waals surface area contributed by atoms with Crippen LogP contribution in [0.1, 0.15) is 35.5 Å². The van der Waals surface area contributed by atoms with Gasteiger partial charge in [-0.1, -0.05) is 48.5 Å². The largest absolute Gasteiger partial charge is 0.495 e. The summed E-state index contributed by atoms with van der Waals surface area (Å²) in [5.41, 5.74) is 7.20. The highest BCUT2D eigenvalue weighted by molar-refractivity contribution is 8.00. The van der Waals surface area contributed by atoms with Crippen LogP contribution in [-0.4, -0.2) is 33.1 Å². The highest BCUT2D eigenvalue weighted by Crippen LogP contribution is 2.39. The van der Waals surface area contributed by atoms with Crippen LogP contribution in [0, 0.1) is 13.8 Å². The van der Waals surface area contributed by atoms with Gasteiger partial charge in [0.05, 0.1) is 18.2 Å². The number of ether oxygens (including phenoxy) is 1.